The molecule has 1 saturated heterocycles. The molecule has 3 amide bonds. The lowest BCUT2D eigenvalue weighted by Crippen LogP contribution is -2.58. The molecule has 3 rings (SSSR count). The topological polar surface area (TPSA) is 79.3 Å². The number of rotatable bonds is 3. The fourth-order valence-electron chi connectivity index (χ4n) is 2.93. The Morgan fingerprint density at radius 1 is 1.39 bits per heavy atom. The van der Waals surface area contributed by atoms with Crippen LogP contribution in [-0.2, 0) is 11.8 Å². The summed E-state index contributed by atoms with van der Waals surface area (Å²) in [6.07, 6.45) is 2.30. The number of halogens is 2. The molecule has 0 aromatic carbocycles. The van der Waals surface area contributed by atoms with Gasteiger partial charge in [-0.3, -0.25) is 14.4 Å². The minimum atomic E-state index is -2.69. The summed E-state index contributed by atoms with van der Waals surface area (Å²) in [6, 6.07) is -0.0368. The number of piperidine rings is 1. The number of carbonyl (C=O) groups is 2. The summed E-state index contributed by atoms with van der Waals surface area (Å²) >= 11 is 0. The van der Waals surface area contributed by atoms with Crippen molar-refractivity contribution in [1.29, 1.82) is 0 Å². The summed E-state index contributed by atoms with van der Waals surface area (Å²) < 4.78 is 27.1. The van der Waals surface area contributed by atoms with E-state index in [0.29, 0.717) is 18.8 Å². The summed E-state index contributed by atoms with van der Waals surface area (Å²) in [6.45, 7) is 0.546. The maximum atomic E-state index is 12.8. The Morgan fingerprint density at radius 3 is 2.74 bits per heavy atom. The molecule has 1 aromatic heterocycles. The highest BCUT2D eigenvalue weighted by Gasteiger charge is 2.46. The average Bonchev–Trinajstić information content (AvgIpc) is 2.85. The third-order valence-electron chi connectivity index (χ3n) is 4.15. The summed E-state index contributed by atoms with van der Waals surface area (Å²) in [4.78, 5) is 25.9. The zero-order chi connectivity index (χ0) is 16.6. The van der Waals surface area contributed by atoms with E-state index in [-0.39, 0.29) is 18.7 Å². The first-order valence-electron chi connectivity index (χ1n) is 7.60. The maximum absolute atomic E-state index is 12.8. The second kappa shape index (κ2) is 5.78. The molecule has 0 bridgehead atoms. The van der Waals surface area contributed by atoms with Gasteiger partial charge in [0.2, 0.25) is 0 Å². The summed E-state index contributed by atoms with van der Waals surface area (Å²) in [5, 5.41) is 9.25. The summed E-state index contributed by atoms with van der Waals surface area (Å²) in [5.74, 6) is -2.37. The maximum Gasteiger partial charge on any atom is 0.315 e. The van der Waals surface area contributed by atoms with Crippen molar-refractivity contribution in [1.82, 2.24) is 20.4 Å². The van der Waals surface area contributed by atoms with E-state index in [1.54, 1.807) is 24.0 Å². The highest BCUT2D eigenvalue weighted by Crippen LogP contribution is 2.37. The van der Waals surface area contributed by atoms with Gasteiger partial charge in [-0.05, 0) is 12.8 Å². The third-order valence-corrected chi connectivity index (χ3v) is 4.15. The third kappa shape index (κ3) is 3.43. The second-order valence-corrected chi connectivity index (χ2v) is 6.11. The van der Waals surface area contributed by atoms with Crippen LogP contribution in [0.15, 0.2) is 12.3 Å². The summed E-state index contributed by atoms with van der Waals surface area (Å²) in [7, 11) is 1.76. The largest absolute Gasteiger partial charge is 0.335 e. The van der Waals surface area contributed by atoms with Crippen molar-refractivity contribution in [2.45, 2.75) is 43.7 Å². The predicted octanol–water partition coefficient (Wildman–Crippen LogP) is 1.01. The Labute approximate surface area is 132 Å². The van der Waals surface area contributed by atoms with Crippen molar-refractivity contribution in [3.63, 3.8) is 0 Å². The fraction of sp³-hybridized carbons (Fsp3) is 0.643. The van der Waals surface area contributed by atoms with Crippen LogP contribution in [0.2, 0.25) is 0 Å². The first-order valence-corrected chi connectivity index (χ1v) is 7.60. The van der Waals surface area contributed by atoms with Gasteiger partial charge in [-0.1, -0.05) is 0 Å². The van der Waals surface area contributed by atoms with Crippen molar-refractivity contribution in [3.05, 3.63) is 12.3 Å². The highest BCUT2D eigenvalue weighted by atomic mass is 19.3. The molecule has 9 heteroatoms. The standard InChI is InChI=1S/C14H19F2N5O2/c1-20-6-4-11(19-20)21-5-2-3-10(12(21)22)18-13(23)17-9-7-14(15,16)8-9/h4,6,9-10H,2-3,5,7-8H2,1H3,(H2,17,18,23). The molecule has 23 heavy (non-hydrogen) atoms. The molecule has 1 atom stereocenters. The van der Waals surface area contributed by atoms with Gasteiger partial charge in [0.25, 0.3) is 11.8 Å². The quantitative estimate of drug-likeness (QED) is 0.870. The minimum Gasteiger partial charge on any atom is -0.335 e. The Balaban J connectivity index is 1.55. The van der Waals surface area contributed by atoms with Crippen LogP contribution < -0.4 is 15.5 Å². The number of hydrogen-bond donors (Lipinski definition) is 2. The molecule has 2 aliphatic rings. The van der Waals surface area contributed by atoms with Crippen LogP contribution >= 0.6 is 0 Å². The Bertz CT molecular complexity index is 610. The number of nitrogens with one attached hydrogen (secondary N) is 2. The molecular weight excluding hydrogens is 308 g/mol. The number of nitrogens with zero attached hydrogens (tertiary/aromatic N) is 3. The molecule has 0 spiro atoms. The first kappa shape index (κ1) is 15.7. The van der Waals surface area contributed by atoms with Gasteiger partial charge in [-0.2, -0.15) is 5.10 Å². The van der Waals surface area contributed by atoms with Gasteiger partial charge in [0, 0.05) is 44.7 Å². The van der Waals surface area contributed by atoms with Crippen molar-refractivity contribution in [3.8, 4) is 0 Å². The van der Waals surface area contributed by atoms with Crippen LogP contribution in [0.4, 0.5) is 19.4 Å². The Morgan fingerprint density at radius 2 is 2.13 bits per heavy atom. The van der Waals surface area contributed by atoms with Gasteiger partial charge < -0.3 is 10.6 Å². The molecule has 1 unspecified atom stereocenters. The molecule has 126 valence electrons. The molecule has 1 saturated carbocycles. The zero-order valence-corrected chi connectivity index (χ0v) is 12.8. The van der Waals surface area contributed by atoms with E-state index in [0.717, 1.165) is 6.42 Å². The van der Waals surface area contributed by atoms with Crippen LogP contribution in [0.3, 0.4) is 0 Å². The van der Waals surface area contributed by atoms with Crippen LogP contribution in [0, 0.1) is 0 Å². The van der Waals surface area contributed by atoms with E-state index in [1.165, 1.54) is 4.90 Å². The van der Waals surface area contributed by atoms with Gasteiger partial charge in [0.15, 0.2) is 5.82 Å². The summed E-state index contributed by atoms with van der Waals surface area (Å²) in [5.41, 5.74) is 0. The van der Waals surface area contributed by atoms with Gasteiger partial charge >= 0.3 is 6.03 Å². The van der Waals surface area contributed by atoms with Crippen molar-refractivity contribution < 1.29 is 18.4 Å². The van der Waals surface area contributed by atoms with Crippen molar-refractivity contribution in [2.75, 3.05) is 11.4 Å². The average molecular weight is 327 g/mol. The van der Waals surface area contributed by atoms with E-state index in [1.807, 2.05) is 0 Å². The Hall–Kier alpha value is -2.19. The number of aryl methyl sites for hydroxylation is 1. The second-order valence-electron chi connectivity index (χ2n) is 6.11. The molecule has 7 nitrogen and oxygen atoms in total. The number of anilines is 1. The molecule has 2 fully saturated rings. The number of alkyl halides is 2. The lowest BCUT2D eigenvalue weighted by Gasteiger charge is -2.36. The van der Waals surface area contributed by atoms with E-state index in [9.17, 15) is 18.4 Å². The molecule has 0 radical (unpaired) electrons. The smallest absolute Gasteiger partial charge is 0.315 e. The molecule has 1 aromatic rings. The predicted molar refractivity (Wildman–Crippen MR) is 78.2 cm³/mol. The minimum absolute atomic E-state index is 0.232. The SMILES string of the molecule is Cn1ccc(N2CCCC(NC(=O)NC3CC(F)(F)C3)C2=O)n1. The van der Waals surface area contributed by atoms with E-state index < -0.39 is 24.0 Å². The lowest BCUT2D eigenvalue weighted by molar-refractivity contribution is -0.121. The van der Waals surface area contributed by atoms with Gasteiger partial charge in [-0.25, -0.2) is 13.6 Å². The molecular formula is C14H19F2N5O2. The van der Waals surface area contributed by atoms with Crippen LogP contribution in [0.25, 0.3) is 0 Å². The first-order chi connectivity index (χ1) is 10.8. The fourth-order valence-corrected chi connectivity index (χ4v) is 2.93. The highest BCUT2D eigenvalue weighted by molar-refractivity contribution is 5.99. The van der Waals surface area contributed by atoms with Crippen LogP contribution in [-0.4, -0.2) is 46.3 Å². The molecule has 1 aliphatic heterocycles. The number of urea groups is 1. The van der Waals surface area contributed by atoms with Gasteiger partial charge in [0.1, 0.15) is 6.04 Å². The normalized spacial score (nSPS) is 24.2. The number of hydrogen-bond acceptors (Lipinski definition) is 3. The molecule has 2 heterocycles. The van der Waals surface area contributed by atoms with Crippen LogP contribution in [0.1, 0.15) is 25.7 Å². The van der Waals surface area contributed by atoms with E-state index in [4.69, 9.17) is 0 Å². The monoisotopic (exact) mass is 327 g/mol. The van der Waals surface area contributed by atoms with E-state index >= 15 is 0 Å². The van der Waals surface area contributed by atoms with E-state index in [2.05, 4.69) is 15.7 Å². The van der Waals surface area contributed by atoms with Crippen molar-refractivity contribution in [2.24, 2.45) is 7.05 Å². The van der Waals surface area contributed by atoms with Crippen LogP contribution in [0.5, 0.6) is 0 Å². The molecule has 1 aliphatic carbocycles. The number of carbonyl (C=O) groups excluding carboxylic acids is 2. The Kier molecular flexibility index (Phi) is 3.95. The number of aromatic nitrogens is 2. The zero-order valence-electron chi connectivity index (χ0n) is 12.8. The lowest BCUT2D eigenvalue weighted by atomic mass is 9.88. The van der Waals surface area contributed by atoms with Gasteiger partial charge in [-0.15, -0.1) is 0 Å². The number of amides is 3. The van der Waals surface area contributed by atoms with Gasteiger partial charge in [0.05, 0.1) is 0 Å². The molecule has 2 N–H and O–H groups in total. The van der Waals surface area contributed by atoms with Crippen molar-refractivity contribution >= 4 is 17.8 Å².